The molecule has 5 rings (SSSR count). The number of anilines is 1. The molecule has 0 radical (unpaired) electrons. The van der Waals surface area contributed by atoms with Crippen LogP contribution in [0.3, 0.4) is 0 Å². The first kappa shape index (κ1) is 31.4. The van der Waals surface area contributed by atoms with Crippen LogP contribution in [0.5, 0.6) is 5.75 Å². The van der Waals surface area contributed by atoms with Gasteiger partial charge in [-0.1, -0.05) is 36.4 Å². The number of carbonyl (C=O) groups is 2. The zero-order chi connectivity index (χ0) is 30.9. The summed E-state index contributed by atoms with van der Waals surface area (Å²) in [6.45, 7) is 0.701. The van der Waals surface area contributed by atoms with Crippen molar-refractivity contribution in [2.24, 2.45) is 11.8 Å². The van der Waals surface area contributed by atoms with E-state index in [4.69, 9.17) is 14.2 Å². The lowest BCUT2D eigenvalue weighted by atomic mass is 9.81. The minimum absolute atomic E-state index is 0.0201. The quantitative estimate of drug-likeness (QED) is 0.221. The SMILES string of the molecule is O=C(Nc1ccccn1)c1ncccc1OC[C@H]1C[C@@H](OCOCc2ccccc2)CN1C(=O)[C@H]1CC[C@H](C(F)(F)F)CC1. The van der Waals surface area contributed by atoms with E-state index in [0.29, 0.717) is 18.8 Å². The summed E-state index contributed by atoms with van der Waals surface area (Å²) in [5.41, 5.74) is 1.06. The third kappa shape index (κ3) is 8.32. The number of hydrogen-bond acceptors (Lipinski definition) is 7. The molecular weight excluding hydrogens is 577 g/mol. The van der Waals surface area contributed by atoms with Crippen molar-refractivity contribution in [3.63, 3.8) is 0 Å². The summed E-state index contributed by atoms with van der Waals surface area (Å²) in [5, 5.41) is 2.69. The number of aromatic nitrogens is 2. The van der Waals surface area contributed by atoms with Gasteiger partial charge in [-0.05, 0) is 61.9 Å². The van der Waals surface area contributed by atoms with E-state index in [9.17, 15) is 22.8 Å². The first-order valence-corrected chi connectivity index (χ1v) is 14.7. The van der Waals surface area contributed by atoms with Gasteiger partial charge in [0.1, 0.15) is 19.2 Å². The van der Waals surface area contributed by atoms with Gasteiger partial charge < -0.3 is 24.4 Å². The Hall–Kier alpha value is -4.03. The lowest BCUT2D eigenvalue weighted by Crippen LogP contribution is -2.44. The molecule has 9 nitrogen and oxygen atoms in total. The molecule has 1 N–H and O–H groups in total. The zero-order valence-electron chi connectivity index (χ0n) is 24.1. The van der Waals surface area contributed by atoms with Crippen LogP contribution in [0.4, 0.5) is 19.0 Å². The molecule has 2 fully saturated rings. The van der Waals surface area contributed by atoms with Crippen LogP contribution in [0.1, 0.15) is 48.2 Å². The Morgan fingerprint density at radius 2 is 1.68 bits per heavy atom. The van der Waals surface area contributed by atoms with Crippen LogP contribution >= 0.6 is 0 Å². The molecule has 3 heterocycles. The van der Waals surface area contributed by atoms with Crippen molar-refractivity contribution >= 4 is 17.6 Å². The summed E-state index contributed by atoms with van der Waals surface area (Å²) in [4.78, 5) is 36.5. The number of benzene rings is 1. The van der Waals surface area contributed by atoms with E-state index in [2.05, 4.69) is 15.3 Å². The Kier molecular flexibility index (Phi) is 10.4. The number of ether oxygens (including phenoxy) is 3. The van der Waals surface area contributed by atoms with Gasteiger partial charge in [0.25, 0.3) is 5.91 Å². The van der Waals surface area contributed by atoms with Gasteiger partial charge in [-0.2, -0.15) is 13.2 Å². The minimum Gasteiger partial charge on any atom is -0.489 e. The van der Waals surface area contributed by atoms with Gasteiger partial charge >= 0.3 is 6.18 Å². The maximum absolute atomic E-state index is 13.6. The highest BCUT2D eigenvalue weighted by molar-refractivity contribution is 6.04. The van der Waals surface area contributed by atoms with Crippen molar-refractivity contribution < 1.29 is 37.0 Å². The molecule has 2 aliphatic rings. The fourth-order valence-electron chi connectivity index (χ4n) is 5.68. The second-order valence-corrected chi connectivity index (χ2v) is 11.0. The van der Waals surface area contributed by atoms with Crippen LogP contribution in [-0.4, -0.2) is 64.9 Å². The highest BCUT2D eigenvalue weighted by Gasteiger charge is 2.45. The van der Waals surface area contributed by atoms with E-state index >= 15 is 0 Å². The maximum Gasteiger partial charge on any atom is 0.391 e. The zero-order valence-corrected chi connectivity index (χ0v) is 24.1. The Balaban J connectivity index is 1.23. The summed E-state index contributed by atoms with van der Waals surface area (Å²) < 4.78 is 57.4. The van der Waals surface area contributed by atoms with Gasteiger partial charge in [0, 0.05) is 24.9 Å². The average Bonchev–Trinajstić information content (AvgIpc) is 3.45. The molecule has 1 saturated heterocycles. The highest BCUT2D eigenvalue weighted by Crippen LogP contribution is 2.40. The van der Waals surface area contributed by atoms with Crippen LogP contribution in [0.15, 0.2) is 73.1 Å². The second kappa shape index (κ2) is 14.6. The van der Waals surface area contributed by atoms with Crippen LogP contribution in [0.25, 0.3) is 0 Å². The minimum atomic E-state index is -4.25. The molecule has 0 bridgehead atoms. The molecule has 12 heteroatoms. The van der Waals surface area contributed by atoms with E-state index in [-0.39, 0.29) is 69.1 Å². The van der Waals surface area contributed by atoms with Crippen molar-refractivity contribution in [2.45, 2.75) is 57.0 Å². The van der Waals surface area contributed by atoms with Crippen LogP contribution in [-0.2, 0) is 20.9 Å². The number of likely N-dealkylation sites (tertiary alicyclic amines) is 1. The standard InChI is InChI=1S/C32H35F3N4O5/c33-32(34,35)24-13-11-23(12-14-24)31(41)39-18-26(44-21-42-19-22-7-2-1-3-8-22)17-25(39)20-43-27-9-6-16-37-29(27)30(40)38-28-10-4-5-15-36-28/h1-10,15-16,23-26H,11-14,17-21H2,(H,36,38,40)/t23-,24-,25-,26-/m1/s1. The molecule has 0 unspecified atom stereocenters. The third-order valence-electron chi connectivity index (χ3n) is 8.02. The molecule has 2 amide bonds. The Morgan fingerprint density at radius 1 is 0.932 bits per heavy atom. The fourth-order valence-corrected chi connectivity index (χ4v) is 5.68. The van der Waals surface area contributed by atoms with Crippen molar-refractivity contribution in [2.75, 3.05) is 25.3 Å². The molecule has 2 atom stereocenters. The Labute approximate surface area is 253 Å². The first-order valence-electron chi connectivity index (χ1n) is 14.7. The van der Waals surface area contributed by atoms with E-state index < -0.39 is 30.0 Å². The van der Waals surface area contributed by atoms with E-state index in [0.717, 1.165) is 5.56 Å². The molecule has 44 heavy (non-hydrogen) atoms. The van der Waals surface area contributed by atoms with Crippen molar-refractivity contribution in [3.05, 3.63) is 84.3 Å². The number of nitrogens with zero attached hydrogens (tertiary/aromatic N) is 3. The molecular formula is C32H35F3N4O5. The van der Waals surface area contributed by atoms with Gasteiger partial charge in [-0.25, -0.2) is 9.97 Å². The molecule has 3 aromatic rings. The largest absolute Gasteiger partial charge is 0.489 e. The van der Waals surface area contributed by atoms with Gasteiger partial charge in [-0.3, -0.25) is 9.59 Å². The number of hydrogen-bond donors (Lipinski definition) is 1. The molecule has 2 aromatic heterocycles. The van der Waals surface area contributed by atoms with Crippen LogP contribution in [0, 0.1) is 11.8 Å². The molecule has 234 valence electrons. The number of amides is 2. The summed E-state index contributed by atoms with van der Waals surface area (Å²) >= 11 is 0. The third-order valence-corrected chi connectivity index (χ3v) is 8.02. The molecule has 1 saturated carbocycles. The molecule has 0 spiro atoms. The normalized spacial score (nSPS) is 22.0. The molecule has 1 aliphatic carbocycles. The summed E-state index contributed by atoms with van der Waals surface area (Å²) in [6, 6.07) is 17.6. The molecule has 1 aromatic carbocycles. The van der Waals surface area contributed by atoms with Gasteiger partial charge in [-0.15, -0.1) is 0 Å². The number of pyridine rings is 2. The lowest BCUT2D eigenvalue weighted by Gasteiger charge is -2.33. The predicted octanol–water partition coefficient (Wildman–Crippen LogP) is 5.64. The second-order valence-electron chi connectivity index (χ2n) is 11.0. The van der Waals surface area contributed by atoms with Gasteiger partial charge in [0.15, 0.2) is 11.4 Å². The number of nitrogens with one attached hydrogen (secondary N) is 1. The number of carbonyl (C=O) groups excluding carboxylic acids is 2. The van der Waals surface area contributed by atoms with E-state index in [1.54, 1.807) is 41.4 Å². The predicted molar refractivity (Wildman–Crippen MR) is 155 cm³/mol. The topological polar surface area (TPSA) is 103 Å². The Morgan fingerprint density at radius 3 is 2.41 bits per heavy atom. The maximum atomic E-state index is 13.6. The van der Waals surface area contributed by atoms with Gasteiger partial charge in [0.05, 0.1) is 24.7 Å². The Bertz CT molecular complexity index is 1370. The van der Waals surface area contributed by atoms with Crippen LogP contribution < -0.4 is 10.1 Å². The summed E-state index contributed by atoms with van der Waals surface area (Å²) in [5.74, 6) is -1.98. The highest BCUT2D eigenvalue weighted by atomic mass is 19.4. The number of alkyl halides is 3. The lowest BCUT2D eigenvalue weighted by molar-refractivity contribution is -0.185. The van der Waals surface area contributed by atoms with E-state index in [1.807, 2.05) is 30.3 Å². The summed E-state index contributed by atoms with van der Waals surface area (Å²) in [6.07, 6.45) is -0.900. The number of halogens is 3. The fraction of sp³-hybridized carbons (Fsp3) is 0.438. The van der Waals surface area contributed by atoms with Crippen molar-refractivity contribution in [1.29, 1.82) is 0 Å². The van der Waals surface area contributed by atoms with Crippen molar-refractivity contribution in [3.8, 4) is 5.75 Å². The van der Waals surface area contributed by atoms with Gasteiger partial charge in [0.2, 0.25) is 5.91 Å². The molecule has 1 aliphatic heterocycles. The average molecular weight is 613 g/mol. The van der Waals surface area contributed by atoms with Crippen molar-refractivity contribution in [1.82, 2.24) is 14.9 Å². The monoisotopic (exact) mass is 612 g/mol. The van der Waals surface area contributed by atoms with E-state index in [1.165, 1.54) is 6.20 Å². The summed E-state index contributed by atoms with van der Waals surface area (Å²) in [7, 11) is 0. The first-order chi connectivity index (χ1) is 21.3. The van der Waals surface area contributed by atoms with Crippen LogP contribution in [0.2, 0.25) is 0 Å². The smallest absolute Gasteiger partial charge is 0.391 e. The number of rotatable bonds is 11.